The van der Waals surface area contributed by atoms with E-state index >= 15 is 0 Å². The maximum absolute atomic E-state index is 12.1. The number of carbonyl (C=O) groups is 2. The number of thiophene rings is 1. The number of hydrogen-bond acceptors (Lipinski definition) is 6. The third-order valence-electron chi connectivity index (χ3n) is 3.06. The second kappa shape index (κ2) is 6.49. The van der Waals surface area contributed by atoms with Gasteiger partial charge >= 0.3 is 0 Å². The monoisotopic (exact) mass is 331 g/mol. The average molecular weight is 331 g/mol. The molecular weight excluding hydrogens is 318 g/mol. The first-order valence-electron chi connectivity index (χ1n) is 6.78. The quantitative estimate of drug-likeness (QED) is 0.749. The highest BCUT2D eigenvalue weighted by Crippen LogP contribution is 2.23. The number of carbonyl (C=O) groups excluding carboxylic acids is 2. The van der Waals surface area contributed by atoms with Gasteiger partial charge < -0.3 is 14.3 Å². The van der Waals surface area contributed by atoms with Crippen molar-refractivity contribution in [2.24, 2.45) is 0 Å². The number of amides is 2. The number of nitrogens with one attached hydrogen (secondary N) is 2. The van der Waals surface area contributed by atoms with Gasteiger partial charge in [0.05, 0.1) is 6.26 Å². The van der Waals surface area contributed by atoms with Crippen LogP contribution in [-0.4, -0.2) is 23.0 Å². The minimum atomic E-state index is -0.762. The van der Waals surface area contributed by atoms with Gasteiger partial charge in [0.15, 0.2) is 5.76 Å². The number of hydrogen-bond donors (Lipinski definition) is 2. The van der Waals surface area contributed by atoms with Crippen molar-refractivity contribution in [1.29, 1.82) is 0 Å². The average Bonchev–Trinajstić information content (AvgIpc) is 3.28. The van der Waals surface area contributed by atoms with Crippen LogP contribution in [0.25, 0.3) is 11.3 Å². The molecule has 0 saturated carbocycles. The van der Waals surface area contributed by atoms with Crippen molar-refractivity contribution in [3.63, 3.8) is 0 Å². The maximum atomic E-state index is 12.1. The van der Waals surface area contributed by atoms with Crippen LogP contribution in [0.2, 0.25) is 0 Å². The van der Waals surface area contributed by atoms with Crippen molar-refractivity contribution >= 4 is 29.0 Å². The second-order valence-electron chi connectivity index (χ2n) is 4.75. The molecule has 0 aromatic carbocycles. The van der Waals surface area contributed by atoms with Crippen LogP contribution in [0.4, 0.5) is 5.88 Å². The van der Waals surface area contributed by atoms with Gasteiger partial charge in [-0.05, 0) is 30.5 Å². The van der Waals surface area contributed by atoms with Gasteiger partial charge in [-0.25, -0.2) is 0 Å². The van der Waals surface area contributed by atoms with E-state index in [1.54, 1.807) is 30.4 Å². The third kappa shape index (κ3) is 3.49. The van der Waals surface area contributed by atoms with Crippen LogP contribution in [0.3, 0.4) is 0 Å². The van der Waals surface area contributed by atoms with Crippen LogP contribution < -0.4 is 10.6 Å². The standard InChI is InChI=1S/C15H13N3O4S/c1-9(16-15(20)12-3-2-5-21-12)14(19)17-13-7-11(18-22-13)10-4-6-23-8-10/h2-9H,1H3,(H,16,20)(H,17,19)/t9-/m0/s1. The summed E-state index contributed by atoms with van der Waals surface area (Å²) in [6, 6.07) is 5.88. The molecule has 3 aromatic heterocycles. The SMILES string of the molecule is C[C@H](NC(=O)c1ccco1)C(=O)Nc1cc(-c2ccsc2)no1. The summed E-state index contributed by atoms with van der Waals surface area (Å²) in [5.74, 6) is -0.522. The molecule has 0 aliphatic carbocycles. The Morgan fingerprint density at radius 2 is 2.22 bits per heavy atom. The molecule has 0 aliphatic heterocycles. The van der Waals surface area contributed by atoms with Gasteiger partial charge in [0.2, 0.25) is 11.8 Å². The first kappa shape index (κ1) is 15.0. The summed E-state index contributed by atoms with van der Waals surface area (Å²) >= 11 is 1.54. The molecule has 0 bridgehead atoms. The molecule has 0 fully saturated rings. The Morgan fingerprint density at radius 1 is 1.35 bits per heavy atom. The van der Waals surface area contributed by atoms with Crippen molar-refractivity contribution in [1.82, 2.24) is 10.5 Å². The fourth-order valence-corrected chi connectivity index (χ4v) is 2.50. The highest BCUT2D eigenvalue weighted by molar-refractivity contribution is 7.08. The van der Waals surface area contributed by atoms with E-state index in [1.165, 1.54) is 12.3 Å². The largest absolute Gasteiger partial charge is 0.459 e. The Morgan fingerprint density at radius 3 is 2.91 bits per heavy atom. The lowest BCUT2D eigenvalue weighted by Crippen LogP contribution is -2.41. The van der Waals surface area contributed by atoms with Gasteiger partial charge in [-0.15, -0.1) is 0 Å². The van der Waals surface area contributed by atoms with E-state index in [9.17, 15) is 9.59 Å². The van der Waals surface area contributed by atoms with Crippen molar-refractivity contribution < 1.29 is 18.5 Å². The lowest BCUT2D eigenvalue weighted by Gasteiger charge is -2.11. The molecule has 8 heteroatoms. The van der Waals surface area contributed by atoms with E-state index in [0.717, 1.165) is 5.56 Å². The number of anilines is 1. The Hall–Kier alpha value is -2.87. The topological polar surface area (TPSA) is 97.4 Å². The fourth-order valence-electron chi connectivity index (χ4n) is 1.85. The van der Waals surface area contributed by atoms with E-state index in [4.69, 9.17) is 8.94 Å². The summed E-state index contributed by atoms with van der Waals surface area (Å²) in [7, 11) is 0. The molecule has 2 N–H and O–H groups in total. The summed E-state index contributed by atoms with van der Waals surface area (Å²) < 4.78 is 10.0. The highest BCUT2D eigenvalue weighted by atomic mass is 32.1. The second-order valence-corrected chi connectivity index (χ2v) is 5.53. The molecule has 7 nitrogen and oxygen atoms in total. The predicted octanol–water partition coefficient (Wildman–Crippen LogP) is 2.75. The zero-order valence-electron chi connectivity index (χ0n) is 12.1. The molecular formula is C15H13N3O4S. The van der Waals surface area contributed by atoms with Crippen LogP contribution in [0, 0.1) is 0 Å². The zero-order chi connectivity index (χ0) is 16.2. The van der Waals surface area contributed by atoms with E-state index in [0.29, 0.717) is 5.69 Å². The van der Waals surface area contributed by atoms with Gasteiger partial charge in [0.1, 0.15) is 11.7 Å². The summed E-state index contributed by atoms with van der Waals surface area (Å²) in [5, 5.41) is 12.8. The van der Waals surface area contributed by atoms with Gasteiger partial charge in [-0.2, -0.15) is 11.3 Å². The molecule has 0 unspecified atom stereocenters. The summed E-state index contributed by atoms with van der Waals surface area (Å²) in [6.45, 7) is 1.56. The normalized spacial score (nSPS) is 11.9. The molecule has 1 atom stereocenters. The van der Waals surface area contributed by atoms with Crippen molar-refractivity contribution in [3.05, 3.63) is 47.0 Å². The van der Waals surface area contributed by atoms with Crippen LogP contribution >= 0.6 is 11.3 Å². The van der Waals surface area contributed by atoms with Gasteiger partial charge in [-0.1, -0.05) is 5.16 Å². The van der Waals surface area contributed by atoms with Gasteiger partial charge in [0.25, 0.3) is 5.91 Å². The molecule has 0 spiro atoms. The molecule has 0 saturated heterocycles. The van der Waals surface area contributed by atoms with Crippen LogP contribution in [-0.2, 0) is 4.79 Å². The van der Waals surface area contributed by atoms with Crippen molar-refractivity contribution in [2.45, 2.75) is 13.0 Å². The maximum Gasteiger partial charge on any atom is 0.287 e. The summed E-state index contributed by atoms with van der Waals surface area (Å²) in [4.78, 5) is 23.9. The molecule has 0 radical (unpaired) electrons. The number of rotatable bonds is 5. The zero-order valence-corrected chi connectivity index (χ0v) is 12.9. The van der Waals surface area contributed by atoms with Crippen molar-refractivity contribution in [3.8, 4) is 11.3 Å². The lowest BCUT2D eigenvalue weighted by atomic mass is 10.2. The van der Waals surface area contributed by atoms with E-state index < -0.39 is 17.9 Å². The van der Waals surface area contributed by atoms with E-state index in [-0.39, 0.29) is 11.6 Å². The number of nitrogens with zero attached hydrogens (tertiary/aromatic N) is 1. The molecule has 0 aliphatic rings. The molecule has 2 amide bonds. The Kier molecular flexibility index (Phi) is 4.24. The van der Waals surface area contributed by atoms with E-state index in [2.05, 4.69) is 15.8 Å². The highest BCUT2D eigenvalue weighted by Gasteiger charge is 2.19. The van der Waals surface area contributed by atoms with Crippen molar-refractivity contribution in [2.75, 3.05) is 5.32 Å². The van der Waals surface area contributed by atoms with Crippen LogP contribution in [0.5, 0.6) is 0 Å². The molecule has 118 valence electrons. The Bertz CT molecular complexity index is 793. The van der Waals surface area contributed by atoms with Gasteiger partial charge in [0, 0.05) is 17.0 Å². The molecule has 3 heterocycles. The minimum absolute atomic E-state index is 0.143. The Balaban J connectivity index is 1.59. The van der Waals surface area contributed by atoms with Gasteiger partial charge in [-0.3, -0.25) is 14.9 Å². The van der Waals surface area contributed by atoms with E-state index in [1.807, 2.05) is 16.8 Å². The number of furan rings is 1. The Labute approximate surface area is 135 Å². The summed E-state index contributed by atoms with van der Waals surface area (Å²) in [6.07, 6.45) is 1.39. The van der Waals surface area contributed by atoms with Crippen LogP contribution in [0.15, 0.2) is 50.2 Å². The predicted molar refractivity (Wildman–Crippen MR) is 84.1 cm³/mol. The molecule has 3 aromatic rings. The first-order chi connectivity index (χ1) is 11.1. The molecule has 3 rings (SSSR count). The minimum Gasteiger partial charge on any atom is -0.459 e. The summed E-state index contributed by atoms with van der Waals surface area (Å²) in [5.41, 5.74) is 1.55. The lowest BCUT2D eigenvalue weighted by molar-refractivity contribution is -0.117. The number of aromatic nitrogens is 1. The molecule has 23 heavy (non-hydrogen) atoms. The fraction of sp³-hybridized carbons (Fsp3) is 0.133. The first-order valence-corrected chi connectivity index (χ1v) is 7.72. The smallest absolute Gasteiger partial charge is 0.287 e. The van der Waals surface area contributed by atoms with Crippen LogP contribution in [0.1, 0.15) is 17.5 Å². The third-order valence-corrected chi connectivity index (χ3v) is 3.74.